The van der Waals surface area contributed by atoms with Gasteiger partial charge in [-0.1, -0.05) is 31.5 Å². The van der Waals surface area contributed by atoms with Crippen molar-refractivity contribution < 1.29 is 19.4 Å². The maximum absolute atomic E-state index is 12.1. The lowest BCUT2D eigenvalue weighted by molar-refractivity contribution is -0.132. The number of nitrogens with one attached hydrogen (secondary N) is 1. The molecular weight excluding hydrogens is 370 g/mol. The van der Waals surface area contributed by atoms with Crippen LogP contribution in [-0.4, -0.2) is 55.2 Å². The molecule has 1 rings (SSSR count). The fourth-order valence-corrected chi connectivity index (χ4v) is 2.17. The number of hydrogen-bond acceptors (Lipinski definition) is 5. The van der Waals surface area contributed by atoms with Gasteiger partial charge in [-0.15, -0.1) is 0 Å². The maximum Gasteiger partial charge on any atom is 0.330 e. The fourth-order valence-electron chi connectivity index (χ4n) is 2.00. The van der Waals surface area contributed by atoms with Gasteiger partial charge in [0.25, 0.3) is 5.91 Å². The zero-order valence-corrected chi connectivity index (χ0v) is 17.4. The lowest BCUT2D eigenvalue weighted by Gasteiger charge is -2.18. The summed E-state index contributed by atoms with van der Waals surface area (Å²) in [7, 11) is 1.50. The Morgan fingerprint density at radius 3 is 2.33 bits per heavy atom. The second-order valence-corrected chi connectivity index (χ2v) is 6.04. The van der Waals surface area contributed by atoms with Crippen molar-refractivity contribution in [2.75, 3.05) is 39.0 Å². The highest BCUT2D eigenvalue weighted by Crippen LogP contribution is 2.28. The Morgan fingerprint density at radius 1 is 1.33 bits per heavy atom. The lowest BCUT2D eigenvalue weighted by atomic mass is 10.1. The summed E-state index contributed by atoms with van der Waals surface area (Å²) in [5.41, 5.74) is 6.87. The van der Waals surface area contributed by atoms with Crippen LogP contribution in [-0.2, 0) is 4.79 Å². The molecule has 4 N–H and O–H groups in total. The summed E-state index contributed by atoms with van der Waals surface area (Å²) in [5.74, 6) is -0.634. The number of carboxylic acids is 1. The minimum absolute atomic E-state index is 0.212. The molecule has 1 amide bonds. The molecule has 0 saturated carbocycles. The molecule has 0 bridgehead atoms. The quantitative estimate of drug-likeness (QED) is 0.458. The van der Waals surface area contributed by atoms with Crippen LogP contribution in [0.3, 0.4) is 0 Å². The molecule has 7 nitrogen and oxygen atoms in total. The van der Waals surface area contributed by atoms with Crippen molar-refractivity contribution in [1.82, 2.24) is 10.2 Å². The Labute approximate surface area is 166 Å². The van der Waals surface area contributed by atoms with Gasteiger partial charge in [0.1, 0.15) is 5.75 Å². The molecule has 0 aliphatic carbocycles. The van der Waals surface area contributed by atoms with Crippen LogP contribution in [0.2, 0.25) is 5.02 Å². The fraction of sp³-hybridized carbons (Fsp3) is 0.474. The number of halogens is 1. The average molecular weight is 400 g/mol. The number of carboxylic acid groups (broad SMARTS) is 1. The van der Waals surface area contributed by atoms with Crippen LogP contribution in [0.4, 0.5) is 5.69 Å². The summed E-state index contributed by atoms with van der Waals surface area (Å²) in [6.07, 6.45) is 1.56. The number of amides is 1. The van der Waals surface area contributed by atoms with E-state index in [-0.39, 0.29) is 5.91 Å². The van der Waals surface area contributed by atoms with E-state index in [4.69, 9.17) is 27.2 Å². The van der Waals surface area contributed by atoms with Crippen LogP contribution in [0.25, 0.3) is 0 Å². The van der Waals surface area contributed by atoms with Crippen LogP contribution < -0.4 is 15.8 Å². The van der Waals surface area contributed by atoms with E-state index in [0.717, 1.165) is 19.6 Å². The highest BCUT2D eigenvalue weighted by atomic mass is 35.5. The zero-order chi connectivity index (χ0) is 21.0. The van der Waals surface area contributed by atoms with Crippen molar-refractivity contribution in [1.29, 1.82) is 0 Å². The van der Waals surface area contributed by atoms with Crippen molar-refractivity contribution in [3.63, 3.8) is 0 Å². The summed E-state index contributed by atoms with van der Waals surface area (Å²) in [6, 6.07) is 3.09. The van der Waals surface area contributed by atoms with E-state index in [1.165, 1.54) is 13.2 Å². The van der Waals surface area contributed by atoms with Gasteiger partial charge in [-0.25, -0.2) is 4.79 Å². The second-order valence-electron chi connectivity index (χ2n) is 5.63. The zero-order valence-electron chi connectivity index (χ0n) is 16.6. The topological polar surface area (TPSA) is 105 Å². The first-order valence-electron chi connectivity index (χ1n) is 8.71. The number of carbonyl (C=O) groups excluding carboxylic acids is 1. The van der Waals surface area contributed by atoms with Gasteiger partial charge in [0.15, 0.2) is 0 Å². The molecular formula is C19H30ClN3O4. The van der Waals surface area contributed by atoms with E-state index in [0.29, 0.717) is 34.1 Å². The van der Waals surface area contributed by atoms with Crippen molar-refractivity contribution >= 4 is 29.2 Å². The van der Waals surface area contributed by atoms with Crippen LogP contribution in [0.1, 0.15) is 38.1 Å². The number of hydrogen-bond donors (Lipinski definition) is 3. The molecule has 0 aromatic heterocycles. The van der Waals surface area contributed by atoms with Gasteiger partial charge in [0.05, 0.1) is 23.4 Å². The monoisotopic (exact) mass is 399 g/mol. The number of allylic oxidation sites excluding steroid dienone is 1. The van der Waals surface area contributed by atoms with Crippen LogP contribution in [0, 0.1) is 0 Å². The van der Waals surface area contributed by atoms with E-state index >= 15 is 0 Å². The van der Waals surface area contributed by atoms with Crippen LogP contribution >= 0.6 is 11.6 Å². The molecule has 0 heterocycles. The lowest BCUT2D eigenvalue weighted by Crippen LogP contribution is -2.34. The molecule has 0 fully saturated rings. The predicted molar refractivity (Wildman–Crippen MR) is 110 cm³/mol. The van der Waals surface area contributed by atoms with Gasteiger partial charge < -0.3 is 25.8 Å². The largest absolute Gasteiger partial charge is 0.496 e. The number of carbonyl (C=O) groups is 2. The third kappa shape index (κ3) is 8.79. The van der Waals surface area contributed by atoms with Crippen molar-refractivity contribution in [3.05, 3.63) is 34.4 Å². The molecule has 0 radical (unpaired) electrons. The highest BCUT2D eigenvalue weighted by molar-refractivity contribution is 6.33. The Morgan fingerprint density at radius 2 is 1.93 bits per heavy atom. The molecule has 27 heavy (non-hydrogen) atoms. The van der Waals surface area contributed by atoms with Crippen LogP contribution in [0.5, 0.6) is 5.75 Å². The van der Waals surface area contributed by atoms with E-state index in [9.17, 15) is 9.59 Å². The molecule has 1 aromatic rings. The minimum atomic E-state index is -0.845. The van der Waals surface area contributed by atoms with Crippen molar-refractivity contribution in [2.45, 2.75) is 27.7 Å². The third-order valence-electron chi connectivity index (χ3n) is 3.94. The summed E-state index contributed by atoms with van der Waals surface area (Å²) in [6.45, 7) is 10.7. The first kappa shape index (κ1) is 24.8. The van der Waals surface area contributed by atoms with Gasteiger partial charge in [0, 0.05) is 24.7 Å². The van der Waals surface area contributed by atoms with Gasteiger partial charge in [-0.2, -0.15) is 0 Å². The summed E-state index contributed by atoms with van der Waals surface area (Å²) in [5, 5.41) is 11.3. The molecule has 0 saturated heterocycles. The molecule has 1 aromatic carbocycles. The molecule has 0 aliphatic heterocycles. The first-order chi connectivity index (χ1) is 12.7. The number of ether oxygens (including phenoxy) is 1. The molecule has 0 atom stereocenters. The minimum Gasteiger partial charge on any atom is -0.496 e. The number of benzene rings is 1. The van der Waals surface area contributed by atoms with Gasteiger partial charge in [-0.05, 0) is 33.0 Å². The Hall–Kier alpha value is -2.25. The maximum atomic E-state index is 12.1. The van der Waals surface area contributed by atoms with E-state index in [1.54, 1.807) is 26.0 Å². The number of aliphatic carboxylic acids is 1. The van der Waals surface area contributed by atoms with Gasteiger partial charge in [0.2, 0.25) is 0 Å². The molecule has 0 aliphatic rings. The average Bonchev–Trinajstić information content (AvgIpc) is 2.66. The number of nitrogen functional groups attached to an aromatic ring is 1. The second kappa shape index (κ2) is 13.0. The summed E-state index contributed by atoms with van der Waals surface area (Å²) in [4.78, 5) is 24.2. The van der Waals surface area contributed by atoms with Crippen molar-refractivity contribution in [2.24, 2.45) is 0 Å². The van der Waals surface area contributed by atoms with Gasteiger partial charge in [-0.3, -0.25) is 4.79 Å². The predicted octanol–water partition coefficient (Wildman–Crippen LogP) is 3.04. The Bertz CT molecular complexity index is 659. The number of rotatable bonds is 8. The van der Waals surface area contributed by atoms with Crippen molar-refractivity contribution in [3.8, 4) is 5.75 Å². The smallest absolute Gasteiger partial charge is 0.330 e. The Kier molecular flexibility index (Phi) is 11.9. The number of likely N-dealkylation sites (N-methyl/N-ethyl adjacent to an activating group) is 1. The van der Waals surface area contributed by atoms with E-state index in [2.05, 4.69) is 24.1 Å². The normalized spacial score (nSPS) is 10.9. The number of methoxy groups -OCH3 is 1. The standard InChI is InChI=1S/C14H22ClN3O2.C5H8O2/c1-4-18(5-2)7-6-17-14(19)10-8-11(15)12(16)9-13(10)20-3;1-3-4(2)5(6)7/h8-9H,4-7,16H2,1-3H3,(H,17,19);3H,1-2H3,(H,6,7)/b;4-3+. The van der Waals surface area contributed by atoms with Crippen LogP contribution in [0.15, 0.2) is 23.8 Å². The SMILES string of the molecule is C/C=C(\C)C(=O)O.CCN(CC)CCNC(=O)c1cc(Cl)c(N)cc1OC. The first-order valence-corrected chi connectivity index (χ1v) is 9.09. The molecule has 8 heteroatoms. The third-order valence-corrected chi connectivity index (χ3v) is 4.27. The molecule has 0 spiro atoms. The highest BCUT2D eigenvalue weighted by Gasteiger charge is 2.14. The number of anilines is 1. The van der Waals surface area contributed by atoms with E-state index in [1.807, 2.05) is 0 Å². The summed E-state index contributed by atoms with van der Waals surface area (Å²) < 4.78 is 5.16. The molecule has 152 valence electrons. The number of nitrogens with zero attached hydrogens (tertiary/aromatic N) is 1. The summed E-state index contributed by atoms with van der Waals surface area (Å²) >= 11 is 5.95. The molecule has 0 unspecified atom stereocenters. The number of nitrogens with two attached hydrogens (primary N) is 1. The Balaban J connectivity index is 0.000000821. The van der Waals surface area contributed by atoms with Gasteiger partial charge >= 0.3 is 5.97 Å². The van der Waals surface area contributed by atoms with E-state index < -0.39 is 5.97 Å².